The molecule has 34 heavy (non-hydrogen) atoms. The van der Waals surface area contributed by atoms with Crippen molar-refractivity contribution in [2.24, 2.45) is 5.18 Å². The lowest BCUT2D eigenvalue weighted by molar-refractivity contribution is 0.415. The summed E-state index contributed by atoms with van der Waals surface area (Å²) in [5.41, 5.74) is 1.50. The summed E-state index contributed by atoms with van der Waals surface area (Å²) in [7, 11) is 1.57. The van der Waals surface area contributed by atoms with Gasteiger partial charge in [0.05, 0.1) is 12.1 Å². The molecule has 2 N–H and O–H groups in total. The van der Waals surface area contributed by atoms with Crippen LogP contribution in [0.4, 0.5) is 17.6 Å². The molecule has 2 aromatic carbocycles. The Morgan fingerprint density at radius 1 is 1.00 bits per heavy atom. The second-order valence-corrected chi connectivity index (χ2v) is 8.51. The molecule has 178 valence electrons. The van der Waals surface area contributed by atoms with Crippen LogP contribution in [0.2, 0.25) is 5.02 Å². The van der Waals surface area contributed by atoms with E-state index in [1.807, 2.05) is 6.07 Å². The average Bonchev–Trinajstić information content (AvgIpc) is 3.09. The van der Waals surface area contributed by atoms with Gasteiger partial charge in [-0.3, -0.25) is 0 Å². The number of nitroso groups, excluding NO2 is 1. The molecule has 9 nitrogen and oxygen atoms in total. The molecule has 1 aliphatic carbocycles. The highest BCUT2D eigenvalue weighted by atomic mass is 35.5. The maximum atomic E-state index is 10.5. The van der Waals surface area contributed by atoms with E-state index in [2.05, 4.69) is 30.8 Å². The lowest BCUT2D eigenvalue weighted by Gasteiger charge is -2.17. The number of anilines is 3. The number of rotatable bonds is 9. The summed E-state index contributed by atoms with van der Waals surface area (Å²) in [6.07, 6.45) is 7.03. The summed E-state index contributed by atoms with van der Waals surface area (Å²) in [6, 6.07) is 12.8. The molecular formula is C24H27ClN6O3. The smallest absolute Gasteiger partial charge is 0.328 e. The standard InChI is InChI=1S/C24H27ClN6O3/c1-33-21-13-10-18(14-20(21)25)28-23-29-22(27-17-6-4-2-3-5-7-17)30-24(31-23)34-19-11-8-16(9-12-19)15-26-32/h8-14,17H,2-7,15H2,1H3,(H2,27,28,29,30,31). The zero-order valence-electron chi connectivity index (χ0n) is 19.0. The number of benzene rings is 2. The predicted molar refractivity (Wildman–Crippen MR) is 132 cm³/mol. The third-order valence-corrected chi connectivity index (χ3v) is 5.89. The topological polar surface area (TPSA) is 111 Å². The molecule has 0 saturated heterocycles. The van der Waals surface area contributed by atoms with Gasteiger partial charge < -0.3 is 20.1 Å². The van der Waals surface area contributed by atoms with Crippen molar-refractivity contribution in [1.82, 2.24) is 15.0 Å². The van der Waals surface area contributed by atoms with Crippen molar-refractivity contribution in [1.29, 1.82) is 0 Å². The van der Waals surface area contributed by atoms with E-state index in [1.165, 1.54) is 25.7 Å². The molecular weight excluding hydrogens is 456 g/mol. The van der Waals surface area contributed by atoms with E-state index < -0.39 is 0 Å². The highest BCUT2D eigenvalue weighted by molar-refractivity contribution is 6.32. The number of aromatic nitrogens is 3. The van der Waals surface area contributed by atoms with Crippen LogP contribution in [0.25, 0.3) is 0 Å². The van der Waals surface area contributed by atoms with E-state index in [9.17, 15) is 4.91 Å². The van der Waals surface area contributed by atoms with Crippen molar-refractivity contribution < 1.29 is 9.47 Å². The summed E-state index contributed by atoms with van der Waals surface area (Å²) in [6.45, 7) is 0.111. The minimum absolute atomic E-state index is 0.111. The Bertz CT molecular complexity index is 1100. The number of halogens is 1. The molecule has 1 fully saturated rings. The Kier molecular flexibility index (Phi) is 8.08. The van der Waals surface area contributed by atoms with Crippen LogP contribution in [0.15, 0.2) is 47.6 Å². The van der Waals surface area contributed by atoms with Gasteiger partial charge in [0.1, 0.15) is 18.0 Å². The Morgan fingerprint density at radius 2 is 1.74 bits per heavy atom. The van der Waals surface area contributed by atoms with Gasteiger partial charge in [0.15, 0.2) is 0 Å². The van der Waals surface area contributed by atoms with Gasteiger partial charge in [-0.15, -0.1) is 0 Å². The van der Waals surface area contributed by atoms with Crippen molar-refractivity contribution in [3.8, 4) is 17.5 Å². The molecule has 0 unspecified atom stereocenters. The largest absolute Gasteiger partial charge is 0.495 e. The van der Waals surface area contributed by atoms with Gasteiger partial charge in [-0.1, -0.05) is 54.6 Å². The van der Waals surface area contributed by atoms with Crippen molar-refractivity contribution >= 4 is 29.2 Å². The van der Waals surface area contributed by atoms with Gasteiger partial charge >= 0.3 is 6.01 Å². The molecule has 10 heteroatoms. The summed E-state index contributed by atoms with van der Waals surface area (Å²) < 4.78 is 11.1. The minimum Gasteiger partial charge on any atom is -0.495 e. The van der Waals surface area contributed by atoms with Crippen LogP contribution in [0, 0.1) is 4.91 Å². The van der Waals surface area contributed by atoms with Crippen molar-refractivity contribution in [3.63, 3.8) is 0 Å². The lowest BCUT2D eigenvalue weighted by atomic mass is 10.1. The van der Waals surface area contributed by atoms with Gasteiger partial charge in [-0.2, -0.15) is 19.9 Å². The quantitative estimate of drug-likeness (QED) is 0.263. The molecule has 1 saturated carbocycles. The zero-order chi connectivity index (χ0) is 23.8. The number of nitrogens with one attached hydrogen (secondary N) is 2. The molecule has 3 aromatic rings. The fraction of sp³-hybridized carbons (Fsp3) is 0.375. The van der Waals surface area contributed by atoms with Crippen LogP contribution >= 0.6 is 11.6 Å². The molecule has 0 radical (unpaired) electrons. The second kappa shape index (κ2) is 11.6. The number of hydrogen-bond donors (Lipinski definition) is 2. The van der Waals surface area contributed by atoms with E-state index in [4.69, 9.17) is 21.1 Å². The first-order valence-corrected chi connectivity index (χ1v) is 11.7. The molecule has 1 aromatic heterocycles. The first-order valence-electron chi connectivity index (χ1n) is 11.3. The SMILES string of the molecule is COc1ccc(Nc2nc(NC3CCCCCC3)nc(Oc3ccc(CN=O)cc3)n2)cc1Cl. The summed E-state index contributed by atoms with van der Waals surface area (Å²) in [5, 5.41) is 10.00. The van der Waals surface area contributed by atoms with E-state index in [-0.39, 0.29) is 12.6 Å². The predicted octanol–water partition coefficient (Wildman–Crippen LogP) is 6.47. The van der Waals surface area contributed by atoms with Crippen LogP contribution < -0.4 is 20.1 Å². The highest BCUT2D eigenvalue weighted by Crippen LogP contribution is 2.29. The molecule has 4 rings (SSSR count). The summed E-state index contributed by atoms with van der Waals surface area (Å²) >= 11 is 6.26. The van der Waals surface area contributed by atoms with Crippen LogP contribution in [0.5, 0.6) is 17.5 Å². The Morgan fingerprint density at radius 3 is 2.41 bits per heavy atom. The van der Waals surface area contributed by atoms with E-state index in [0.717, 1.165) is 18.4 Å². The van der Waals surface area contributed by atoms with Crippen molar-refractivity contribution in [2.45, 2.75) is 51.1 Å². The highest BCUT2D eigenvalue weighted by Gasteiger charge is 2.16. The third-order valence-electron chi connectivity index (χ3n) is 5.59. The van der Waals surface area contributed by atoms with Crippen LogP contribution in [0.3, 0.4) is 0 Å². The van der Waals surface area contributed by atoms with Crippen LogP contribution in [-0.4, -0.2) is 28.1 Å². The van der Waals surface area contributed by atoms with Gasteiger partial charge in [0.25, 0.3) is 0 Å². The zero-order valence-corrected chi connectivity index (χ0v) is 19.7. The van der Waals surface area contributed by atoms with Crippen molar-refractivity contribution in [2.75, 3.05) is 17.7 Å². The number of methoxy groups -OCH3 is 1. The molecule has 0 atom stereocenters. The normalized spacial score (nSPS) is 14.2. The average molecular weight is 483 g/mol. The second-order valence-electron chi connectivity index (χ2n) is 8.11. The Labute approximate surface area is 203 Å². The molecule has 0 spiro atoms. The van der Waals surface area contributed by atoms with Gasteiger partial charge in [0, 0.05) is 11.7 Å². The molecule has 1 aliphatic rings. The van der Waals surface area contributed by atoms with Gasteiger partial charge in [-0.25, -0.2) is 0 Å². The van der Waals surface area contributed by atoms with E-state index >= 15 is 0 Å². The van der Waals surface area contributed by atoms with Crippen LogP contribution in [0.1, 0.15) is 44.1 Å². The molecule has 0 amide bonds. The molecule has 0 bridgehead atoms. The van der Waals surface area contributed by atoms with Crippen LogP contribution in [-0.2, 0) is 6.54 Å². The first-order chi connectivity index (χ1) is 16.6. The number of nitrogens with zero attached hydrogens (tertiary/aromatic N) is 4. The molecule has 1 heterocycles. The number of ether oxygens (including phenoxy) is 2. The fourth-order valence-electron chi connectivity index (χ4n) is 3.84. The first kappa shape index (κ1) is 23.7. The molecule has 0 aliphatic heterocycles. The Hall–Kier alpha value is -3.46. The third kappa shape index (κ3) is 6.54. The minimum atomic E-state index is 0.111. The maximum Gasteiger partial charge on any atom is 0.328 e. The fourth-order valence-corrected chi connectivity index (χ4v) is 4.10. The van der Waals surface area contributed by atoms with Gasteiger partial charge in [-0.05, 0) is 48.7 Å². The monoisotopic (exact) mass is 482 g/mol. The van der Waals surface area contributed by atoms with Crippen molar-refractivity contribution in [3.05, 3.63) is 58.0 Å². The summed E-state index contributed by atoms with van der Waals surface area (Å²) in [4.78, 5) is 24.0. The maximum absolute atomic E-state index is 10.5. The number of hydrogen-bond acceptors (Lipinski definition) is 9. The lowest BCUT2D eigenvalue weighted by Crippen LogP contribution is -2.20. The van der Waals surface area contributed by atoms with E-state index in [0.29, 0.717) is 40.1 Å². The Balaban J connectivity index is 1.58. The van der Waals surface area contributed by atoms with E-state index in [1.54, 1.807) is 43.5 Å². The summed E-state index contributed by atoms with van der Waals surface area (Å²) in [5.74, 6) is 1.89. The van der Waals surface area contributed by atoms with Gasteiger partial charge in [0.2, 0.25) is 11.9 Å².